The van der Waals surface area contributed by atoms with Crippen molar-refractivity contribution >= 4 is 50.4 Å². The largest absolute Gasteiger partial charge is 0.328 e. The molecule has 2 aromatic carbocycles. The fraction of sp³-hybridized carbons (Fsp3) is 0.211. The number of halogens is 1. The highest BCUT2D eigenvalue weighted by molar-refractivity contribution is 9.10. The minimum Gasteiger partial charge on any atom is -0.328 e. The van der Waals surface area contributed by atoms with Gasteiger partial charge in [-0.25, -0.2) is 9.88 Å². The molecule has 26 heavy (non-hydrogen) atoms. The molecule has 7 heteroatoms. The Hall–Kier alpha value is -2.67. The number of benzene rings is 2. The Morgan fingerprint density at radius 2 is 1.77 bits per heavy atom. The second kappa shape index (κ2) is 5.67. The summed E-state index contributed by atoms with van der Waals surface area (Å²) >= 11 is 3.38. The summed E-state index contributed by atoms with van der Waals surface area (Å²) in [6.45, 7) is 1.46. The van der Waals surface area contributed by atoms with E-state index in [1.54, 1.807) is 12.1 Å². The van der Waals surface area contributed by atoms with Gasteiger partial charge in [-0.2, -0.15) is 0 Å². The number of imidazole rings is 1. The number of aromatic nitrogens is 2. The normalized spacial score (nSPS) is 19.7. The van der Waals surface area contributed by atoms with Gasteiger partial charge in [0.25, 0.3) is 5.91 Å². The first-order valence-corrected chi connectivity index (χ1v) is 9.27. The maximum atomic E-state index is 13.0. The summed E-state index contributed by atoms with van der Waals surface area (Å²) in [6, 6.07) is 14.7. The number of amides is 2. The maximum absolute atomic E-state index is 13.0. The highest BCUT2D eigenvalue weighted by Gasteiger charge is 2.45. The molecule has 0 N–H and O–H groups in total. The zero-order valence-corrected chi connectivity index (χ0v) is 15.4. The number of hydrogen-bond acceptors (Lipinski definition) is 4. The molecular formula is C19H15BrN4O2. The van der Waals surface area contributed by atoms with Gasteiger partial charge in [0.05, 0.1) is 23.1 Å². The summed E-state index contributed by atoms with van der Waals surface area (Å²) in [5.74, 6) is 0.421. The van der Waals surface area contributed by atoms with Gasteiger partial charge in [0.15, 0.2) is 0 Å². The molecule has 1 unspecified atom stereocenters. The number of rotatable bonds is 2. The van der Waals surface area contributed by atoms with Gasteiger partial charge in [-0.05, 0) is 36.4 Å². The van der Waals surface area contributed by atoms with Crippen LogP contribution in [0.4, 0.5) is 11.6 Å². The molecule has 1 aromatic heterocycles. The van der Waals surface area contributed by atoms with Crippen molar-refractivity contribution in [2.45, 2.75) is 19.0 Å². The molecule has 1 saturated heterocycles. The molecule has 130 valence electrons. The van der Waals surface area contributed by atoms with E-state index in [1.165, 1.54) is 4.90 Å². The Morgan fingerprint density at radius 1 is 1.00 bits per heavy atom. The monoisotopic (exact) mass is 410 g/mol. The standard InChI is InChI=1S/C19H15BrN4O2/c20-12-5-7-13(8-6-12)24-17(25)11-16(18(24)26)23-10-9-22-15-4-2-1-3-14(15)21-19(22)23/h1-8,16H,9-11H2. The Labute approximate surface area is 158 Å². The van der Waals surface area contributed by atoms with Crippen molar-refractivity contribution in [1.82, 2.24) is 9.55 Å². The van der Waals surface area contributed by atoms with Gasteiger partial charge in [-0.1, -0.05) is 28.1 Å². The number of carbonyl (C=O) groups is 2. The lowest BCUT2D eigenvalue weighted by Crippen LogP contribution is -2.41. The van der Waals surface area contributed by atoms with Crippen LogP contribution in [0, 0.1) is 0 Å². The van der Waals surface area contributed by atoms with Crippen molar-refractivity contribution in [1.29, 1.82) is 0 Å². The molecule has 5 rings (SSSR count). The summed E-state index contributed by atoms with van der Waals surface area (Å²) in [6.07, 6.45) is 0.179. The topological polar surface area (TPSA) is 58.4 Å². The Balaban J connectivity index is 1.50. The number of hydrogen-bond donors (Lipinski definition) is 0. The van der Waals surface area contributed by atoms with Crippen LogP contribution in [-0.4, -0.2) is 34.0 Å². The molecule has 0 radical (unpaired) electrons. The van der Waals surface area contributed by atoms with Gasteiger partial charge in [-0.3, -0.25) is 9.59 Å². The molecule has 0 aliphatic carbocycles. The van der Waals surface area contributed by atoms with E-state index in [0.29, 0.717) is 12.2 Å². The van der Waals surface area contributed by atoms with Crippen LogP contribution in [0.1, 0.15) is 6.42 Å². The van der Waals surface area contributed by atoms with Crippen LogP contribution < -0.4 is 9.80 Å². The predicted molar refractivity (Wildman–Crippen MR) is 102 cm³/mol. The number of carbonyl (C=O) groups excluding carboxylic acids is 2. The zero-order chi connectivity index (χ0) is 17.8. The van der Waals surface area contributed by atoms with E-state index in [-0.39, 0.29) is 18.2 Å². The van der Waals surface area contributed by atoms with Crippen LogP contribution in [0.5, 0.6) is 0 Å². The van der Waals surface area contributed by atoms with E-state index < -0.39 is 6.04 Å². The van der Waals surface area contributed by atoms with E-state index in [9.17, 15) is 9.59 Å². The molecule has 0 spiro atoms. The van der Waals surface area contributed by atoms with Crippen molar-refractivity contribution in [3.63, 3.8) is 0 Å². The molecule has 2 aliphatic rings. The van der Waals surface area contributed by atoms with Gasteiger partial charge in [0.1, 0.15) is 6.04 Å². The fourth-order valence-corrected chi connectivity index (χ4v) is 4.09. The molecule has 0 bridgehead atoms. The van der Waals surface area contributed by atoms with E-state index in [1.807, 2.05) is 41.3 Å². The molecule has 1 fully saturated rings. The molecular weight excluding hydrogens is 396 g/mol. The third-order valence-corrected chi connectivity index (χ3v) is 5.57. The summed E-state index contributed by atoms with van der Waals surface area (Å²) < 4.78 is 3.03. The fourth-order valence-electron chi connectivity index (χ4n) is 3.83. The molecule has 0 saturated carbocycles. The summed E-state index contributed by atoms with van der Waals surface area (Å²) in [7, 11) is 0. The van der Waals surface area contributed by atoms with Gasteiger partial charge < -0.3 is 9.47 Å². The van der Waals surface area contributed by atoms with Crippen molar-refractivity contribution in [2.75, 3.05) is 16.3 Å². The van der Waals surface area contributed by atoms with Gasteiger partial charge >= 0.3 is 0 Å². The van der Waals surface area contributed by atoms with E-state index >= 15 is 0 Å². The Bertz CT molecular complexity index is 1040. The zero-order valence-electron chi connectivity index (χ0n) is 13.8. The first-order valence-electron chi connectivity index (χ1n) is 8.48. The van der Waals surface area contributed by atoms with E-state index in [4.69, 9.17) is 0 Å². The van der Waals surface area contributed by atoms with Gasteiger partial charge in [0, 0.05) is 17.6 Å². The maximum Gasteiger partial charge on any atom is 0.257 e. The third kappa shape index (κ3) is 2.20. The minimum atomic E-state index is -0.496. The number of imide groups is 1. The van der Waals surface area contributed by atoms with Crippen LogP contribution in [0.25, 0.3) is 11.0 Å². The van der Waals surface area contributed by atoms with Crippen molar-refractivity contribution in [3.05, 3.63) is 53.0 Å². The Morgan fingerprint density at radius 3 is 2.58 bits per heavy atom. The Kier molecular flexibility index (Phi) is 3.40. The third-order valence-electron chi connectivity index (χ3n) is 5.04. The lowest BCUT2D eigenvalue weighted by molar-refractivity contribution is -0.121. The lowest BCUT2D eigenvalue weighted by Gasteiger charge is -2.22. The predicted octanol–water partition coefficient (Wildman–Crippen LogP) is 2.95. The quantitative estimate of drug-likeness (QED) is 0.609. The molecule has 3 heterocycles. The van der Waals surface area contributed by atoms with E-state index in [2.05, 4.69) is 25.5 Å². The highest BCUT2D eigenvalue weighted by Crippen LogP contribution is 2.33. The molecule has 1 atom stereocenters. The van der Waals surface area contributed by atoms with E-state index in [0.717, 1.165) is 28.0 Å². The SMILES string of the molecule is O=C1CC(N2CCn3c2nc2ccccc23)C(=O)N1c1ccc(Br)cc1. The van der Waals surface area contributed by atoms with Crippen LogP contribution in [0.3, 0.4) is 0 Å². The first kappa shape index (κ1) is 15.6. The summed E-state index contributed by atoms with van der Waals surface area (Å²) in [5.41, 5.74) is 2.58. The van der Waals surface area contributed by atoms with Crippen LogP contribution in [-0.2, 0) is 16.1 Å². The summed E-state index contributed by atoms with van der Waals surface area (Å²) in [5, 5.41) is 0. The molecule has 6 nitrogen and oxygen atoms in total. The van der Waals surface area contributed by atoms with Crippen molar-refractivity contribution in [3.8, 4) is 0 Å². The van der Waals surface area contributed by atoms with Crippen LogP contribution in [0.2, 0.25) is 0 Å². The summed E-state index contributed by atoms with van der Waals surface area (Å²) in [4.78, 5) is 33.5. The first-order chi connectivity index (χ1) is 12.6. The second-order valence-corrected chi connectivity index (χ2v) is 7.42. The highest BCUT2D eigenvalue weighted by atomic mass is 79.9. The van der Waals surface area contributed by atoms with Crippen LogP contribution in [0.15, 0.2) is 53.0 Å². The average molecular weight is 411 g/mol. The molecule has 2 aliphatic heterocycles. The second-order valence-electron chi connectivity index (χ2n) is 6.51. The smallest absolute Gasteiger partial charge is 0.257 e. The average Bonchev–Trinajstić information content (AvgIpc) is 3.28. The van der Waals surface area contributed by atoms with Crippen molar-refractivity contribution < 1.29 is 9.59 Å². The number of nitrogens with zero attached hydrogens (tertiary/aromatic N) is 4. The van der Waals surface area contributed by atoms with Gasteiger partial charge in [0.2, 0.25) is 11.9 Å². The van der Waals surface area contributed by atoms with Gasteiger partial charge in [-0.15, -0.1) is 0 Å². The number of fused-ring (bicyclic) bond motifs is 3. The van der Waals surface area contributed by atoms with Crippen molar-refractivity contribution in [2.24, 2.45) is 0 Å². The number of para-hydroxylation sites is 2. The minimum absolute atomic E-state index is 0.170. The van der Waals surface area contributed by atoms with Crippen LogP contribution >= 0.6 is 15.9 Å². The lowest BCUT2D eigenvalue weighted by atomic mass is 10.2. The molecule has 2 amide bonds. The molecule has 3 aromatic rings. The number of anilines is 2.